The zero-order valence-electron chi connectivity index (χ0n) is 7.14. The second-order valence-corrected chi connectivity index (χ2v) is 3.93. The van der Waals surface area contributed by atoms with Crippen LogP contribution in [0.2, 0.25) is 0 Å². The number of alkyl halides is 1. The summed E-state index contributed by atoms with van der Waals surface area (Å²) >= 11 is 9.18. The van der Waals surface area contributed by atoms with Crippen molar-refractivity contribution in [2.24, 2.45) is 0 Å². The number of halogens is 2. The van der Waals surface area contributed by atoms with E-state index in [1.165, 1.54) is 5.69 Å². The van der Waals surface area contributed by atoms with Gasteiger partial charge in [0.05, 0.1) is 0 Å². The highest BCUT2D eigenvalue weighted by molar-refractivity contribution is 9.10. The largest absolute Gasteiger partial charge is 0.378 e. The summed E-state index contributed by atoms with van der Waals surface area (Å²) in [5.41, 5.74) is 2.30. The summed E-state index contributed by atoms with van der Waals surface area (Å²) in [7, 11) is 4.03. The molecule has 1 aromatic rings. The highest BCUT2D eigenvalue weighted by Gasteiger charge is 2.00. The Morgan fingerprint density at radius 3 is 2.50 bits per heavy atom. The van der Waals surface area contributed by atoms with Gasteiger partial charge in [0.25, 0.3) is 0 Å². The summed E-state index contributed by atoms with van der Waals surface area (Å²) in [5, 5.41) is 0. The van der Waals surface area contributed by atoms with Gasteiger partial charge in [0.1, 0.15) is 0 Å². The zero-order valence-corrected chi connectivity index (χ0v) is 9.48. The second kappa shape index (κ2) is 4.15. The van der Waals surface area contributed by atoms with E-state index in [1.54, 1.807) is 0 Å². The minimum Gasteiger partial charge on any atom is -0.378 e. The monoisotopic (exact) mass is 247 g/mol. The summed E-state index contributed by atoms with van der Waals surface area (Å²) in [4.78, 5) is 2.06. The average molecular weight is 249 g/mol. The maximum atomic E-state index is 5.72. The van der Waals surface area contributed by atoms with Gasteiger partial charge < -0.3 is 4.90 Å². The van der Waals surface area contributed by atoms with E-state index in [1.807, 2.05) is 20.2 Å². The molecular weight excluding hydrogens is 237 g/mol. The van der Waals surface area contributed by atoms with Gasteiger partial charge in [-0.3, -0.25) is 0 Å². The lowest BCUT2D eigenvalue weighted by Gasteiger charge is -2.13. The van der Waals surface area contributed by atoms with Crippen molar-refractivity contribution in [2.75, 3.05) is 19.0 Å². The van der Waals surface area contributed by atoms with Crippen LogP contribution in [0.15, 0.2) is 22.7 Å². The van der Waals surface area contributed by atoms with E-state index in [2.05, 4.69) is 33.0 Å². The molecular formula is C9H11BrClN. The van der Waals surface area contributed by atoms with Crippen molar-refractivity contribution in [3.05, 3.63) is 28.2 Å². The Hall–Kier alpha value is -0.210. The minimum absolute atomic E-state index is 0.550. The molecule has 12 heavy (non-hydrogen) atoms. The molecule has 1 nitrogen and oxygen atoms in total. The molecule has 1 aromatic carbocycles. The Kier molecular flexibility index (Phi) is 3.41. The van der Waals surface area contributed by atoms with E-state index in [0.717, 1.165) is 10.0 Å². The van der Waals surface area contributed by atoms with Crippen molar-refractivity contribution >= 4 is 33.2 Å². The van der Waals surface area contributed by atoms with Gasteiger partial charge in [0.2, 0.25) is 0 Å². The lowest BCUT2D eigenvalue weighted by atomic mass is 10.2. The number of anilines is 1. The first-order valence-corrected chi connectivity index (χ1v) is 4.99. The van der Waals surface area contributed by atoms with Crippen molar-refractivity contribution in [1.82, 2.24) is 0 Å². The van der Waals surface area contributed by atoms with Crippen LogP contribution in [0.3, 0.4) is 0 Å². The molecule has 0 amide bonds. The molecule has 0 saturated carbocycles. The Balaban J connectivity index is 3.02. The van der Waals surface area contributed by atoms with Crippen LogP contribution in [0, 0.1) is 0 Å². The highest BCUT2D eigenvalue weighted by atomic mass is 79.9. The summed E-state index contributed by atoms with van der Waals surface area (Å²) in [6.45, 7) is 0. The smallest absolute Gasteiger partial charge is 0.0485 e. The molecule has 0 N–H and O–H groups in total. The highest BCUT2D eigenvalue weighted by Crippen LogP contribution is 2.23. The quantitative estimate of drug-likeness (QED) is 0.726. The van der Waals surface area contributed by atoms with E-state index in [-0.39, 0.29) is 0 Å². The Morgan fingerprint density at radius 1 is 1.42 bits per heavy atom. The van der Waals surface area contributed by atoms with E-state index in [9.17, 15) is 0 Å². The maximum Gasteiger partial charge on any atom is 0.0485 e. The fourth-order valence-corrected chi connectivity index (χ4v) is 1.82. The minimum atomic E-state index is 0.550. The van der Waals surface area contributed by atoms with E-state index in [0.29, 0.717) is 5.88 Å². The van der Waals surface area contributed by atoms with Crippen molar-refractivity contribution in [3.8, 4) is 0 Å². The van der Waals surface area contributed by atoms with Gasteiger partial charge >= 0.3 is 0 Å². The van der Waals surface area contributed by atoms with Gasteiger partial charge in [0, 0.05) is 30.1 Å². The van der Waals surface area contributed by atoms with Gasteiger partial charge in [-0.1, -0.05) is 22.0 Å². The van der Waals surface area contributed by atoms with Crippen molar-refractivity contribution < 1.29 is 0 Å². The third-order valence-corrected chi connectivity index (χ3v) is 2.72. The molecule has 0 saturated heterocycles. The van der Waals surface area contributed by atoms with Crippen molar-refractivity contribution in [3.63, 3.8) is 0 Å². The summed E-state index contributed by atoms with van der Waals surface area (Å²) < 4.78 is 1.07. The maximum absolute atomic E-state index is 5.72. The standard InChI is InChI=1S/C9H11BrClN/c1-12(2)8-4-3-7(6-11)9(10)5-8/h3-5H,6H2,1-2H3. The van der Waals surface area contributed by atoms with Crippen LogP contribution in [-0.2, 0) is 5.88 Å². The first kappa shape index (κ1) is 9.87. The number of hydrogen-bond donors (Lipinski definition) is 0. The number of nitrogens with zero attached hydrogens (tertiary/aromatic N) is 1. The molecule has 1 rings (SSSR count). The molecule has 0 fully saturated rings. The van der Waals surface area contributed by atoms with Gasteiger partial charge in [-0.2, -0.15) is 0 Å². The predicted molar refractivity (Wildman–Crippen MR) is 58.0 cm³/mol. The zero-order chi connectivity index (χ0) is 9.14. The first-order chi connectivity index (χ1) is 5.65. The molecule has 0 aliphatic heterocycles. The topological polar surface area (TPSA) is 3.24 Å². The lowest BCUT2D eigenvalue weighted by Crippen LogP contribution is -2.08. The van der Waals surface area contributed by atoms with Gasteiger partial charge in [0.15, 0.2) is 0 Å². The molecule has 0 aliphatic carbocycles. The number of hydrogen-bond acceptors (Lipinski definition) is 1. The summed E-state index contributed by atoms with van der Waals surface area (Å²) in [6, 6.07) is 6.16. The average Bonchev–Trinajstić information content (AvgIpc) is 2.04. The third-order valence-electron chi connectivity index (χ3n) is 1.70. The molecule has 0 radical (unpaired) electrons. The predicted octanol–water partition coefficient (Wildman–Crippen LogP) is 3.25. The van der Waals surface area contributed by atoms with Crippen LogP contribution < -0.4 is 4.90 Å². The van der Waals surface area contributed by atoms with Crippen LogP contribution in [0.1, 0.15) is 5.56 Å². The number of benzene rings is 1. The molecule has 3 heteroatoms. The van der Waals surface area contributed by atoms with Crippen LogP contribution >= 0.6 is 27.5 Å². The summed E-state index contributed by atoms with van der Waals surface area (Å²) in [5.74, 6) is 0.550. The van der Waals surface area contributed by atoms with Crippen LogP contribution in [0.25, 0.3) is 0 Å². The Morgan fingerprint density at radius 2 is 2.08 bits per heavy atom. The second-order valence-electron chi connectivity index (χ2n) is 2.80. The first-order valence-electron chi connectivity index (χ1n) is 3.67. The third kappa shape index (κ3) is 2.14. The van der Waals surface area contributed by atoms with Gasteiger partial charge in [-0.25, -0.2) is 0 Å². The van der Waals surface area contributed by atoms with Crippen LogP contribution in [0.5, 0.6) is 0 Å². The molecule has 0 aliphatic rings. The van der Waals surface area contributed by atoms with Gasteiger partial charge in [-0.05, 0) is 17.7 Å². The molecule has 0 bridgehead atoms. The molecule has 0 atom stereocenters. The van der Waals surface area contributed by atoms with Crippen molar-refractivity contribution in [1.29, 1.82) is 0 Å². The summed E-state index contributed by atoms with van der Waals surface area (Å²) in [6.07, 6.45) is 0. The van der Waals surface area contributed by atoms with E-state index in [4.69, 9.17) is 11.6 Å². The Bertz CT molecular complexity index is 273. The fraction of sp³-hybridized carbons (Fsp3) is 0.333. The van der Waals surface area contributed by atoms with Crippen LogP contribution in [0.4, 0.5) is 5.69 Å². The lowest BCUT2D eigenvalue weighted by molar-refractivity contribution is 1.13. The van der Waals surface area contributed by atoms with E-state index >= 15 is 0 Å². The van der Waals surface area contributed by atoms with E-state index < -0.39 is 0 Å². The molecule has 0 spiro atoms. The van der Waals surface area contributed by atoms with Crippen molar-refractivity contribution in [2.45, 2.75) is 5.88 Å². The molecule has 66 valence electrons. The number of rotatable bonds is 2. The molecule has 0 aromatic heterocycles. The SMILES string of the molecule is CN(C)c1ccc(CCl)c(Br)c1. The van der Waals surface area contributed by atoms with Crippen LogP contribution in [-0.4, -0.2) is 14.1 Å². The fourth-order valence-electron chi connectivity index (χ4n) is 0.923. The Labute approximate surface area is 86.5 Å². The van der Waals surface area contributed by atoms with Gasteiger partial charge in [-0.15, -0.1) is 11.6 Å². The molecule has 0 heterocycles. The molecule has 0 unspecified atom stereocenters. The normalized spacial score (nSPS) is 10.0.